The third-order valence-electron chi connectivity index (χ3n) is 4.86. The minimum atomic E-state index is -5.08. The van der Waals surface area contributed by atoms with Crippen LogP contribution < -0.4 is 10.1 Å². The largest absolute Gasteiger partial charge is 0.496 e. The number of halogens is 3. The van der Waals surface area contributed by atoms with Crippen molar-refractivity contribution in [3.8, 4) is 5.75 Å². The van der Waals surface area contributed by atoms with Crippen LogP contribution >= 0.6 is 0 Å². The van der Waals surface area contributed by atoms with E-state index >= 15 is 0 Å². The number of carbonyl (C=O) groups is 2. The first-order valence-electron chi connectivity index (χ1n) is 9.63. The topological polar surface area (TPSA) is 83.8 Å². The summed E-state index contributed by atoms with van der Waals surface area (Å²) in [6.07, 6.45) is -2.42. The summed E-state index contributed by atoms with van der Waals surface area (Å²) in [7, 11) is 3.41. The number of aromatic nitrogens is 1. The highest BCUT2D eigenvalue weighted by atomic mass is 19.4. The lowest BCUT2D eigenvalue weighted by Crippen LogP contribution is -2.31. The van der Waals surface area contributed by atoms with Crippen LogP contribution in [0.1, 0.15) is 17.7 Å². The van der Waals surface area contributed by atoms with Gasteiger partial charge in [-0.2, -0.15) is 13.2 Å². The van der Waals surface area contributed by atoms with E-state index in [2.05, 4.69) is 39.2 Å². The molecule has 1 unspecified atom stereocenters. The Morgan fingerprint density at radius 2 is 1.87 bits per heavy atom. The molecule has 0 spiro atoms. The number of hydrogen-bond donors (Lipinski definition) is 2. The number of para-hydroxylation sites is 1. The van der Waals surface area contributed by atoms with Crippen molar-refractivity contribution in [2.75, 3.05) is 20.7 Å². The molecule has 2 heterocycles. The molecule has 2 aromatic rings. The number of rotatable bonds is 5. The van der Waals surface area contributed by atoms with E-state index in [1.165, 1.54) is 11.3 Å². The van der Waals surface area contributed by atoms with Gasteiger partial charge in [0.1, 0.15) is 5.75 Å². The first kappa shape index (κ1) is 24.3. The molecule has 1 amide bonds. The molecule has 0 aliphatic carbocycles. The number of benzene rings is 1. The van der Waals surface area contributed by atoms with E-state index < -0.39 is 12.1 Å². The van der Waals surface area contributed by atoms with Crippen LogP contribution in [0.5, 0.6) is 5.75 Å². The average Bonchev–Trinajstić information content (AvgIpc) is 3.07. The highest BCUT2D eigenvalue weighted by Gasteiger charge is 2.38. The van der Waals surface area contributed by atoms with Crippen LogP contribution in [0.25, 0.3) is 0 Å². The van der Waals surface area contributed by atoms with Gasteiger partial charge < -0.3 is 19.7 Å². The van der Waals surface area contributed by atoms with Gasteiger partial charge >= 0.3 is 12.1 Å². The fourth-order valence-corrected chi connectivity index (χ4v) is 3.45. The molecule has 0 bridgehead atoms. The Morgan fingerprint density at radius 3 is 2.48 bits per heavy atom. The lowest BCUT2D eigenvalue weighted by Gasteiger charge is -2.24. The summed E-state index contributed by atoms with van der Waals surface area (Å²) in [6, 6.07) is 12.4. The van der Waals surface area contributed by atoms with Crippen LogP contribution in [-0.4, -0.2) is 53.3 Å². The Morgan fingerprint density at radius 1 is 1.19 bits per heavy atom. The minimum Gasteiger partial charge on any atom is -0.496 e. The van der Waals surface area contributed by atoms with Crippen LogP contribution in [0, 0.1) is 5.92 Å². The molecule has 0 saturated carbocycles. The lowest BCUT2D eigenvalue weighted by atomic mass is 10.0. The minimum absolute atomic E-state index is 0.104. The SMILES string of the molecule is CNC(=O)CC1CN(Cc2ccccc2OC)Cc2cccn2C1.O=C(O)C(F)(F)F. The molecule has 0 saturated heterocycles. The molecule has 1 atom stereocenters. The first-order valence-corrected chi connectivity index (χ1v) is 9.63. The van der Waals surface area contributed by atoms with E-state index in [1.54, 1.807) is 14.2 Å². The summed E-state index contributed by atoms with van der Waals surface area (Å²) in [6.45, 7) is 3.49. The number of ether oxygens (including phenoxy) is 1. The van der Waals surface area contributed by atoms with Crippen LogP contribution in [0.15, 0.2) is 42.6 Å². The van der Waals surface area contributed by atoms with E-state index in [0.29, 0.717) is 12.3 Å². The first-order chi connectivity index (χ1) is 14.6. The number of carbonyl (C=O) groups excluding carboxylic acids is 1. The number of methoxy groups -OCH3 is 1. The highest BCUT2D eigenvalue weighted by Crippen LogP contribution is 2.24. The van der Waals surface area contributed by atoms with Gasteiger partial charge in [-0.25, -0.2) is 4.79 Å². The van der Waals surface area contributed by atoms with Gasteiger partial charge in [0, 0.05) is 57.1 Å². The second kappa shape index (κ2) is 10.9. The smallest absolute Gasteiger partial charge is 0.490 e. The van der Waals surface area contributed by atoms with Crippen LogP contribution in [-0.2, 0) is 29.2 Å². The quantitative estimate of drug-likeness (QED) is 0.746. The van der Waals surface area contributed by atoms with Gasteiger partial charge in [-0.15, -0.1) is 0 Å². The van der Waals surface area contributed by atoms with E-state index in [4.69, 9.17) is 14.6 Å². The molecule has 0 radical (unpaired) electrons. The number of amides is 1. The number of carboxylic acid groups (broad SMARTS) is 1. The standard InChI is InChI=1S/C19H25N3O2.C2HF3O2/c1-20-19(23)10-15-11-21(14-17-7-5-9-22(17)12-15)13-16-6-3-4-8-18(16)24-2;3-2(4,5)1(6)7/h3-9,15H,10-14H2,1-2H3,(H,20,23);(H,6,7). The Labute approximate surface area is 178 Å². The fourth-order valence-electron chi connectivity index (χ4n) is 3.45. The monoisotopic (exact) mass is 441 g/mol. The zero-order valence-electron chi connectivity index (χ0n) is 17.4. The van der Waals surface area contributed by atoms with Crippen molar-refractivity contribution in [1.29, 1.82) is 0 Å². The van der Waals surface area contributed by atoms with E-state index in [1.807, 2.05) is 18.2 Å². The highest BCUT2D eigenvalue weighted by molar-refractivity contribution is 5.75. The predicted molar refractivity (Wildman–Crippen MR) is 107 cm³/mol. The van der Waals surface area contributed by atoms with Gasteiger partial charge in [-0.05, 0) is 24.1 Å². The zero-order valence-corrected chi connectivity index (χ0v) is 17.4. The number of carboxylic acids is 1. The summed E-state index contributed by atoms with van der Waals surface area (Å²) in [5, 5.41) is 9.87. The van der Waals surface area contributed by atoms with Gasteiger partial charge in [-0.3, -0.25) is 9.69 Å². The number of fused-ring (bicyclic) bond motifs is 1. The zero-order chi connectivity index (χ0) is 23.0. The van der Waals surface area contributed by atoms with Gasteiger partial charge in [0.15, 0.2) is 0 Å². The van der Waals surface area contributed by atoms with Crippen molar-refractivity contribution in [3.63, 3.8) is 0 Å². The van der Waals surface area contributed by atoms with Gasteiger partial charge in [0.25, 0.3) is 0 Å². The van der Waals surface area contributed by atoms with Gasteiger partial charge in [-0.1, -0.05) is 18.2 Å². The summed E-state index contributed by atoms with van der Waals surface area (Å²) in [5.74, 6) is -1.44. The van der Waals surface area contributed by atoms with Crippen LogP contribution in [0.3, 0.4) is 0 Å². The van der Waals surface area contributed by atoms with E-state index in [9.17, 15) is 18.0 Å². The van der Waals surface area contributed by atoms with Crippen molar-refractivity contribution >= 4 is 11.9 Å². The third kappa shape index (κ3) is 7.32. The van der Waals surface area contributed by atoms with Crippen LogP contribution in [0.2, 0.25) is 0 Å². The lowest BCUT2D eigenvalue weighted by molar-refractivity contribution is -0.192. The second-order valence-corrected chi connectivity index (χ2v) is 7.18. The summed E-state index contributed by atoms with van der Waals surface area (Å²) >= 11 is 0. The molecule has 7 nitrogen and oxygen atoms in total. The Balaban J connectivity index is 0.000000423. The number of alkyl halides is 3. The van der Waals surface area contributed by atoms with Gasteiger partial charge in [0.05, 0.1) is 7.11 Å². The van der Waals surface area contributed by atoms with Gasteiger partial charge in [0.2, 0.25) is 5.91 Å². The summed E-state index contributed by atoms with van der Waals surface area (Å²) in [5.41, 5.74) is 2.48. The number of nitrogens with zero attached hydrogens (tertiary/aromatic N) is 2. The molecule has 10 heteroatoms. The van der Waals surface area contributed by atoms with Crippen molar-refractivity contribution < 1.29 is 32.6 Å². The number of nitrogens with one attached hydrogen (secondary N) is 1. The molecule has 0 fully saturated rings. The van der Waals surface area contributed by atoms with Crippen LogP contribution in [0.4, 0.5) is 13.2 Å². The molecular formula is C21H26F3N3O4. The average molecular weight is 441 g/mol. The molecule has 1 aromatic heterocycles. The normalized spacial score (nSPS) is 16.4. The molecule has 170 valence electrons. The van der Waals surface area contributed by atoms with E-state index in [0.717, 1.165) is 31.9 Å². The molecule has 2 N–H and O–H groups in total. The molecule has 1 aromatic carbocycles. The predicted octanol–water partition coefficient (Wildman–Crippen LogP) is 2.90. The second-order valence-electron chi connectivity index (χ2n) is 7.18. The maximum Gasteiger partial charge on any atom is 0.490 e. The summed E-state index contributed by atoms with van der Waals surface area (Å²) in [4.78, 5) is 23.2. The Bertz CT molecular complexity index is 883. The molecule has 1 aliphatic heterocycles. The molecule has 3 rings (SSSR count). The number of aliphatic carboxylic acids is 1. The summed E-state index contributed by atoms with van der Waals surface area (Å²) < 4.78 is 39.5. The number of hydrogen-bond acceptors (Lipinski definition) is 4. The Hall–Kier alpha value is -3.01. The fraction of sp³-hybridized carbons (Fsp3) is 0.429. The van der Waals surface area contributed by atoms with Crippen molar-refractivity contribution in [3.05, 3.63) is 53.9 Å². The Kier molecular flexibility index (Phi) is 8.49. The third-order valence-corrected chi connectivity index (χ3v) is 4.86. The molecule has 1 aliphatic rings. The molecule has 31 heavy (non-hydrogen) atoms. The van der Waals surface area contributed by atoms with E-state index in [-0.39, 0.29) is 5.91 Å². The van der Waals surface area contributed by atoms with Crippen molar-refractivity contribution in [2.45, 2.75) is 32.2 Å². The maximum atomic E-state index is 11.8. The maximum absolute atomic E-state index is 11.8. The van der Waals surface area contributed by atoms with Crippen molar-refractivity contribution in [1.82, 2.24) is 14.8 Å². The van der Waals surface area contributed by atoms with Crippen molar-refractivity contribution in [2.24, 2.45) is 5.92 Å². The molecular weight excluding hydrogens is 415 g/mol.